The van der Waals surface area contributed by atoms with E-state index in [1.807, 2.05) is 0 Å². The normalized spacial score (nSPS) is 30.5. The maximum absolute atomic E-state index is 11.4. The fraction of sp³-hybridized carbons (Fsp3) is 0.917. The third kappa shape index (κ3) is 2.94. The Bertz CT molecular complexity index is 218. The molecular formula is C12H23NO2. The van der Waals surface area contributed by atoms with Gasteiger partial charge < -0.3 is 10.1 Å². The van der Waals surface area contributed by atoms with Crippen molar-refractivity contribution < 1.29 is 9.53 Å². The molecule has 3 heteroatoms. The van der Waals surface area contributed by atoms with Crippen LogP contribution in [0.15, 0.2) is 0 Å². The SMILES string of the molecule is CCCNC1(CC(=O)OC)CCCC1C. The van der Waals surface area contributed by atoms with Crippen molar-refractivity contribution in [1.29, 1.82) is 0 Å². The third-order valence-corrected chi connectivity index (χ3v) is 3.62. The van der Waals surface area contributed by atoms with Crippen molar-refractivity contribution in [2.45, 2.75) is 51.5 Å². The van der Waals surface area contributed by atoms with E-state index < -0.39 is 0 Å². The van der Waals surface area contributed by atoms with Crippen LogP contribution in [0.4, 0.5) is 0 Å². The van der Waals surface area contributed by atoms with Gasteiger partial charge >= 0.3 is 5.97 Å². The Hall–Kier alpha value is -0.570. The Kier molecular flexibility index (Phi) is 4.58. The molecule has 1 aliphatic rings. The topological polar surface area (TPSA) is 38.3 Å². The molecule has 0 bridgehead atoms. The molecule has 0 aliphatic heterocycles. The number of hydrogen-bond donors (Lipinski definition) is 1. The average molecular weight is 213 g/mol. The fourth-order valence-electron chi connectivity index (χ4n) is 2.54. The van der Waals surface area contributed by atoms with Gasteiger partial charge in [-0.1, -0.05) is 20.3 Å². The minimum Gasteiger partial charge on any atom is -0.469 e. The van der Waals surface area contributed by atoms with Crippen molar-refractivity contribution in [3.8, 4) is 0 Å². The van der Waals surface area contributed by atoms with Gasteiger partial charge in [-0.15, -0.1) is 0 Å². The van der Waals surface area contributed by atoms with E-state index in [0.29, 0.717) is 12.3 Å². The van der Waals surface area contributed by atoms with Crippen LogP contribution in [0.1, 0.15) is 46.0 Å². The molecule has 0 amide bonds. The van der Waals surface area contributed by atoms with Crippen LogP contribution in [0.25, 0.3) is 0 Å². The number of carbonyl (C=O) groups excluding carboxylic acids is 1. The molecule has 2 atom stereocenters. The van der Waals surface area contributed by atoms with E-state index in [2.05, 4.69) is 19.2 Å². The molecule has 0 spiro atoms. The highest BCUT2D eigenvalue weighted by molar-refractivity contribution is 5.70. The van der Waals surface area contributed by atoms with Gasteiger partial charge in [-0.3, -0.25) is 4.79 Å². The number of ether oxygens (including phenoxy) is 1. The molecule has 1 rings (SSSR count). The molecule has 88 valence electrons. The first kappa shape index (κ1) is 12.5. The average Bonchev–Trinajstić information content (AvgIpc) is 2.58. The first-order valence-electron chi connectivity index (χ1n) is 5.96. The number of esters is 1. The van der Waals surface area contributed by atoms with Gasteiger partial charge in [0.15, 0.2) is 0 Å². The van der Waals surface area contributed by atoms with Crippen LogP contribution in [0.3, 0.4) is 0 Å². The van der Waals surface area contributed by atoms with E-state index in [-0.39, 0.29) is 11.5 Å². The molecule has 0 aromatic heterocycles. The molecule has 0 heterocycles. The van der Waals surface area contributed by atoms with Crippen LogP contribution in [0.5, 0.6) is 0 Å². The van der Waals surface area contributed by atoms with E-state index in [0.717, 1.165) is 19.4 Å². The summed E-state index contributed by atoms with van der Waals surface area (Å²) in [4.78, 5) is 11.4. The lowest BCUT2D eigenvalue weighted by Gasteiger charge is -2.34. The predicted molar refractivity (Wildman–Crippen MR) is 60.7 cm³/mol. The molecule has 1 fully saturated rings. The van der Waals surface area contributed by atoms with Crippen LogP contribution < -0.4 is 5.32 Å². The third-order valence-electron chi connectivity index (χ3n) is 3.62. The van der Waals surface area contributed by atoms with Crippen LogP contribution in [-0.4, -0.2) is 25.2 Å². The Balaban J connectivity index is 2.63. The Morgan fingerprint density at radius 3 is 2.80 bits per heavy atom. The lowest BCUT2D eigenvalue weighted by atomic mass is 9.85. The van der Waals surface area contributed by atoms with Crippen molar-refractivity contribution in [1.82, 2.24) is 5.32 Å². The molecule has 1 saturated carbocycles. The summed E-state index contributed by atoms with van der Waals surface area (Å²) in [7, 11) is 1.47. The molecule has 0 saturated heterocycles. The van der Waals surface area contributed by atoms with Gasteiger partial charge in [0.25, 0.3) is 0 Å². The molecular weight excluding hydrogens is 190 g/mol. The number of rotatable bonds is 5. The molecule has 3 nitrogen and oxygen atoms in total. The zero-order chi connectivity index (χ0) is 11.3. The highest BCUT2D eigenvalue weighted by Crippen LogP contribution is 2.38. The maximum atomic E-state index is 11.4. The molecule has 2 unspecified atom stereocenters. The lowest BCUT2D eigenvalue weighted by molar-refractivity contribution is -0.142. The summed E-state index contributed by atoms with van der Waals surface area (Å²) in [6, 6.07) is 0. The maximum Gasteiger partial charge on any atom is 0.307 e. The monoisotopic (exact) mass is 213 g/mol. The number of methoxy groups -OCH3 is 1. The van der Waals surface area contributed by atoms with Gasteiger partial charge in [-0.25, -0.2) is 0 Å². The summed E-state index contributed by atoms with van der Waals surface area (Å²) in [5, 5.41) is 3.56. The second kappa shape index (κ2) is 5.50. The van der Waals surface area contributed by atoms with E-state index in [9.17, 15) is 4.79 Å². The molecule has 0 aromatic rings. The van der Waals surface area contributed by atoms with Crippen molar-refractivity contribution in [2.24, 2.45) is 5.92 Å². The summed E-state index contributed by atoms with van der Waals surface area (Å²) in [5.74, 6) is 0.482. The summed E-state index contributed by atoms with van der Waals surface area (Å²) in [6.07, 6.45) is 5.16. The predicted octanol–water partition coefficient (Wildman–Crippen LogP) is 2.11. The van der Waals surface area contributed by atoms with Crippen LogP contribution >= 0.6 is 0 Å². The fourth-order valence-corrected chi connectivity index (χ4v) is 2.54. The Labute approximate surface area is 92.6 Å². The van der Waals surface area contributed by atoms with Crippen LogP contribution in [0.2, 0.25) is 0 Å². The van der Waals surface area contributed by atoms with Gasteiger partial charge in [0, 0.05) is 5.54 Å². The van der Waals surface area contributed by atoms with Crippen LogP contribution in [-0.2, 0) is 9.53 Å². The van der Waals surface area contributed by atoms with Gasteiger partial charge in [0.2, 0.25) is 0 Å². The van der Waals surface area contributed by atoms with Gasteiger partial charge in [-0.05, 0) is 31.7 Å². The molecule has 1 aliphatic carbocycles. The van der Waals surface area contributed by atoms with E-state index in [4.69, 9.17) is 4.74 Å². The van der Waals surface area contributed by atoms with Gasteiger partial charge in [0.05, 0.1) is 13.5 Å². The first-order valence-corrected chi connectivity index (χ1v) is 5.96. The Morgan fingerprint density at radius 1 is 1.60 bits per heavy atom. The highest BCUT2D eigenvalue weighted by Gasteiger charge is 2.41. The minimum absolute atomic E-state index is 0.00308. The van der Waals surface area contributed by atoms with Crippen LogP contribution in [0, 0.1) is 5.92 Å². The quantitative estimate of drug-likeness (QED) is 0.711. The molecule has 1 N–H and O–H groups in total. The first-order chi connectivity index (χ1) is 7.14. The number of hydrogen-bond acceptors (Lipinski definition) is 3. The summed E-state index contributed by atoms with van der Waals surface area (Å²) >= 11 is 0. The zero-order valence-corrected chi connectivity index (χ0v) is 10.1. The number of nitrogens with one attached hydrogen (secondary N) is 1. The summed E-state index contributed by atoms with van der Waals surface area (Å²) in [6.45, 7) is 5.37. The minimum atomic E-state index is -0.0904. The molecule has 15 heavy (non-hydrogen) atoms. The van der Waals surface area contributed by atoms with Crippen molar-refractivity contribution in [3.63, 3.8) is 0 Å². The van der Waals surface area contributed by atoms with Crippen molar-refractivity contribution in [2.75, 3.05) is 13.7 Å². The lowest BCUT2D eigenvalue weighted by Crippen LogP contribution is -2.49. The standard InChI is InChI=1S/C12H23NO2/c1-4-8-13-12(9-11(14)15-3)7-5-6-10(12)2/h10,13H,4-9H2,1-3H3. The van der Waals surface area contributed by atoms with Gasteiger partial charge in [0.1, 0.15) is 0 Å². The van der Waals surface area contributed by atoms with E-state index in [1.54, 1.807) is 0 Å². The highest BCUT2D eigenvalue weighted by atomic mass is 16.5. The molecule has 0 radical (unpaired) electrons. The van der Waals surface area contributed by atoms with Crippen molar-refractivity contribution in [3.05, 3.63) is 0 Å². The zero-order valence-electron chi connectivity index (χ0n) is 10.1. The molecule has 0 aromatic carbocycles. The second-order valence-corrected chi connectivity index (χ2v) is 4.63. The largest absolute Gasteiger partial charge is 0.469 e. The summed E-state index contributed by atoms with van der Waals surface area (Å²) < 4.78 is 4.79. The van der Waals surface area contributed by atoms with E-state index in [1.165, 1.54) is 20.0 Å². The smallest absolute Gasteiger partial charge is 0.307 e. The second-order valence-electron chi connectivity index (χ2n) is 4.63. The Morgan fingerprint density at radius 2 is 2.33 bits per heavy atom. The summed E-state index contributed by atoms with van der Waals surface area (Å²) in [5.41, 5.74) is 0.00308. The van der Waals surface area contributed by atoms with E-state index >= 15 is 0 Å². The van der Waals surface area contributed by atoms with Gasteiger partial charge in [-0.2, -0.15) is 0 Å². The van der Waals surface area contributed by atoms with Crippen molar-refractivity contribution >= 4 is 5.97 Å². The number of carbonyl (C=O) groups is 1.